The molecule has 0 radical (unpaired) electrons. The summed E-state index contributed by atoms with van der Waals surface area (Å²) in [6.45, 7) is 26.2. The van der Waals surface area contributed by atoms with E-state index in [1.807, 2.05) is 0 Å². The molecule has 0 atom stereocenters. The summed E-state index contributed by atoms with van der Waals surface area (Å²) in [7, 11) is 0. The van der Waals surface area contributed by atoms with E-state index in [0.29, 0.717) is 0 Å². The summed E-state index contributed by atoms with van der Waals surface area (Å²) in [4.78, 5) is 4.88. The van der Waals surface area contributed by atoms with Crippen LogP contribution in [0.25, 0.3) is 11.1 Å². The van der Waals surface area contributed by atoms with Gasteiger partial charge in [-0.2, -0.15) is 0 Å². The first kappa shape index (κ1) is 41.4. The van der Waals surface area contributed by atoms with Gasteiger partial charge in [-0.3, -0.25) is 0 Å². The minimum Gasteiger partial charge on any atom is -0.453 e. The Kier molecular flexibility index (Phi) is 9.52. The molecule has 62 heavy (non-hydrogen) atoms. The van der Waals surface area contributed by atoms with Gasteiger partial charge in [0.1, 0.15) is 0 Å². The number of hydrogen-bond acceptors (Lipinski definition) is 3. The van der Waals surface area contributed by atoms with Crippen molar-refractivity contribution in [3.05, 3.63) is 173 Å². The van der Waals surface area contributed by atoms with Gasteiger partial charge in [0.25, 0.3) is 0 Å². The summed E-state index contributed by atoms with van der Waals surface area (Å²) in [5, 5.41) is 0. The number of fused-ring (bicyclic) bond motifs is 7. The molecule has 0 spiro atoms. The Morgan fingerprint density at radius 3 is 1.26 bits per heavy atom. The number of hydrogen-bond donors (Lipinski definition) is 0. The van der Waals surface area contributed by atoms with Crippen LogP contribution in [0.3, 0.4) is 0 Å². The van der Waals surface area contributed by atoms with Gasteiger partial charge in [-0.1, -0.05) is 185 Å². The van der Waals surface area contributed by atoms with E-state index in [9.17, 15) is 0 Å². The van der Waals surface area contributed by atoms with Crippen molar-refractivity contribution in [3.8, 4) is 22.6 Å². The molecule has 4 heteroatoms. The van der Waals surface area contributed by atoms with Gasteiger partial charge in [-0.15, -0.1) is 0 Å². The third kappa shape index (κ3) is 6.40. The van der Waals surface area contributed by atoms with E-state index in [4.69, 9.17) is 4.74 Å². The third-order valence-corrected chi connectivity index (χ3v) is 13.5. The molecule has 0 saturated heterocycles. The van der Waals surface area contributed by atoms with E-state index in [1.54, 1.807) is 0 Å². The van der Waals surface area contributed by atoms with Crippen LogP contribution in [-0.4, -0.2) is 6.71 Å². The van der Waals surface area contributed by atoms with E-state index in [0.717, 1.165) is 28.6 Å². The third-order valence-electron chi connectivity index (χ3n) is 13.5. The second-order valence-electron chi connectivity index (χ2n) is 21.1. The van der Waals surface area contributed by atoms with Crippen LogP contribution in [0, 0.1) is 0 Å². The minimum absolute atomic E-state index is 0. The zero-order chi connectivity index (χ0) is 42.8. The van der Waals surface area contributed by atoms with Crippen molar-refractivity contribution in [2.24, 2.45) is 0 Å². The predicted molar refractivity (Wildman–Crippen MR) is 267 cm³/mol. The Morgan fingerprint density at radius 2 is 0.839 bits per heavy atom. The maximum Gasteiger partial charge on any atom is 0.243 e. The second kappa shape index (κ2) is 14.3. The predicted octanol–water partition coefficient (Wildman–Crippen LogP) is 14.4. The lowest BCUT2D eigenvalue weighted by molar-refractivity contribution is 0.477. The van der Waals surface area contributed by atoms with E-state index in [-0.39, 0.29) is 35.8 Å². The topological polar surface area (TPSA) is 15.7 Å². The van der Waals surface area contributed by atoms with Crippen LogP contribution in [-0.2, 0) is 21.7 Å². The van der Waals surface area contributed by atoms with Crippen molar-refractivity contribution in [1.82, 2.24) is 0 Å². The number of anilines is 6. The average molecular weight is 813 g/mol. The van der Waals surface area contributed by atoms with Crippen LogP contribution in [0.1, 0.15) is 111 Å². The fourth-order valence-electron chi connectivity index (χ4n) is 10.4. The first-order chi connectivity index (χ1) is 28.9. The maximum atomic E-state index is 6.48. The highest BCUT2D eigenvalue weighted by molar-refractivity contribution is 6.99. The van der Waals surface area contributed by atoms with Gasteiger partial charge >= 0.3 is 0 Å². The van der Waals surface area contributed by atoms with E-state index in [1.165, 1.54) is 72.4 Å². The largest absolute Gasteiger partial charge is 0.453 e. The van der Waals surface area contributed by atoms with Gasteiger partial charge in [0, 0.05) is 16.8 Å². The first-order valence-corrected chi connectivity index (χ1v) is 22.1. The molecule has 7 aromatic carbocycles. The molecular formula is C58H61BN2O. The molecule has 0 amide bonds. The second-order valence-corrected chi connectivity index (χ2v) is 21.1. The van der Waals surface area contributed by atoms with Gasteiger partial charge in [-0.25, -0.2) is 0 Å². The molecule has 3 aliphatic rings. The van der Waals surface area contributed by atoms with Crippen molar-refractivity contribution in [3.63, 3.8) is 0 Å². The highest BCUT2D eigenvalue weighted by Crippen LogP contribution is 2.53. The van der Waals surface area contributed by atoms with Gasteiger partial charge in [0.15, 0.2) is 11.5 Å². The number of ether oxygens (including phenoxy) is 1. The molecule has 3 aliphatic heterocycles. The Morgan fingerprint density at radius 1 is 0.452 bits per heavy atom. The average Bonchev–Trinajstić information content (AvgIpc) is 3.54. The van der Waals surface area contributed by atoms with Crippen LogP contribution in [0.2, 0.25) is 0 Å². The number of nitrogens with zero attached hydrogens (tertiary/aromatic N) is 2. The van der Waals surface area contributed by atoms with Crippen molar-refractivity contribution in [1.29, 1.82) is 0 Å². The Hall–Kier alpha value is -6.00. The molecule has 0 unspecified atom stereocenters. The monoisotopic (exact) mass is 812 g/mol. The summed E-state index contributed by atoms with van der Waals surface area (Å²) in [6.07, 6.45) is 0. The molecule has 3 heterocycles. The molecule has 3 nitrogen and oxygen atoms in total. The molecule has 0 aromatic heterocycles. The van der Waals surface area contributed by atoms with Crippen LogP contribution in [0.5, 0.6) is 11.5 Å². The SMILES string of the molecule is C.CC(C)(C)c1cc(C(C)(C)C)c(B2c3ccc(N4c5ccccc5Oc5ccccc54)cc3-c3cc(N4c5ccccc5C(C)(C)c5ccccc54)ccc32)c(C(C)(C)C)c1. The fraction of sp³-hybridized carbons (Fsp3) is 0.276. The minimum atomic E-state index is -0.135. The summed E-state index contributed by atoms with van der Waals surface area (Å²) in [6, 6.07) is 54.4. The molecule has 0 bridgehead atoms. The maximum absolute atomic E-state index is 6.48. The summed E-state index contributed by atoms with van der Waals surface area (Å²) < 4.78 is 6.48. The molecule has 7 aromatic rings. The molecule has 0 saturated carbocycles. The molecule has 0 N–H and O–H groups in total. The molecule has 312 valence electrons. The smallest absolute Gasteiger partial charge is 0.243 e. The van der Waals surface area contributed by atoms with Gasteiger partial charge in [0.05, 0.1) is 22.7 Å². The Balaban J connectivity index is 0.00000490. The van der Waals surface area contributed by atoms with Crippen LogP contribution in [0.15, 0.2) is 146 Å². The summed E-state index contributed by atoms with van der Waals surface area (Å²) >= 11 is 0. The van der Waals surface area contributed by atoms with Gasteiger partial charge in [0.2, 0.25) is 6.71 Å². The first-order valence-electron chi connectivity index (χ1n) is 22.1. The van der Waals surface area contributed by atoms with Crippen molar-refractivity contribution >= 4 is 57.2 Å². The van der Waals surface area contributed by atoms with E-state index in [2.05, 4.69) is 232 Å². The molecule has 10 rings (SSSR count). The van der Waals surface area contributed by atoms with Crippen LogP contribution >= 0.6 is 0 Å². The number of benzene rings is 7. The zero-order valence-corrected chi connectivity index (χ0v) is 37.7. The zero-order valence-electron chi connectivity index (χ0n) is 37.7. The van der Waals surface area contributed by atoms with Crippen LogP contribution in [0.4, 0.5) is 34.1 Å². The lowest BCUT2D eigenvalue weighted by Gasteiger charge is -2.42. The molecule has 0 fully saturated rings. The standard InChI is InChI=1S/C57H57BN2O.CH4/c1-54(2,3)36-32-43(55(4,5)6)53(44(33-36)56(7,8)9)58-45-30-28-37(59-47-22-14-12-20-41(47)57(10,11)42-21-13-15-23-48(42)59)34-39(45)40-35-38(29-31-46(40)58)60-49-24-16-18-26-51(49)61-52-27-19-17-25-50(52)60;/h12-35H,1-11H3;1H4. The van der Waals surface area contributed by atoms with Crippen molar-refractivity contribution < 1.29 is 4.74 Å². The van der Waals surface area contributed by atoms with Gasteiger partial charge in [-0.05, 0) is 116 Å². The fourth-order valence-corrected chi connectivity index (χ4v) is 10.4. The lowest BCUT2D eigenvalue weighted by Crippen LogP contribution is -2.54. The molecule has 0 aliphatic carbocycles. The van der Waals surface area contributed by atoms with Crippen molar-refractivity contribution in [2.75, 3.05) is 9.80 Å². The highest BCUT2D eigenvalue weighted by Gasteiger charge is 2.42. The summed E-state index contributed by atoms with van der Waals surface area (Å²) in [5.41, 5.74) is 20.2. The Labute approximate surface area is 371 Å². The quantitative estimate of drug-likeness (QED) is 0.165. The highest BCUT2D eigenvalue weighted by atomic mass is 16.5. The van der Waals surface area contributed by atoms with Crippen molar-refractivity contribution in [2.45, 2.75) is 105 Å². The van der Waals surface area contributed by atoms with E-state index >= 15 is 0 Å². The number of rotatable bonds is 3. The molecular weight excluding hydrogens is 751 g/mol. The Bertz CT molecular complexity index is 2770. The normalized spacial score (nSPS) is 14.7. The number of para-hydroxylation sites is 6. The summed E-state index contributed by atoms with van der Waals surface area (Å²) in [5.74, 6) is 1.72. The van der Waals surface area contributed by atoms with E-state index < -0.39 is 0 Å². The van der Waals surface area contributed by atoms with Crippen LogP contribution < -0.4 is 30.9 Å². The lowest BCUT2D eigenvalue weighted by atomic mass is 9.35. The van der Waals surface area contributed by atoms with Gasteiger partial charge < -0.3 is 14.5 Å².